The highest BCUT2D eigenvalue weighted by molar-refractivity contribution is 6.32. The third-order valence-corrected chi connectivity index (χ3v) is 4.52. The number of aliphatic imine (C=N–C) groups is 1. The lowest BCUT2D eigenvalue weighted by molar-refractivity contribution is -0.120. The van der Waals surface area contributed by atoms with E-state index in [0.717, 1.165) is 22.5 Å². The second kappa shape index (κ2) is 6.78. The Morgan fingerprint density at radius 1 is 1.17 bits per heavy atom. The number of hydrogen-bond acceptors (Lipinski definition) is 2. The van der Waals surface area contributed by atoms with E-state index >= 15 is 0 Å². The molecule has 0 bridgehead atoms. The summed E-state index contributed by atoms with van der Waals surface area (Å²) in [6, 6.07) is 15.2. The number of carbonyl (C=O) groups excluding carboxylic acids is 1. The van der Waals surface area contributed by atoms with Crippen LogP contribution in [0, 0.1) is 5.92 Å². The predicted octanol–water partition coefficient (Wildman–Crippen LogP) is 4.57. The molecule has 0 aliphatic carbocycles. The lowest BCUT2D eigenvalue weighted by Crippen LogP contribution is -2.40. The Morgan fingerprint density at radius 3 is 2.50 bits per heavy atom. The minimum atomic E-state index is -0.397. The molecule has 0 saturated carbocycles. The van der Waals surface area contributed by atoms with E-state index in [2.05, 4.69) is 0 Å². The van der Waals surface area contributed by atoms with Crippen molar-refractivity contribution in [2.75, 3.05) is 11.4 Å². The van der Waals surface area contributed by atoms with E-state index in [1.54, 1.807) is 0 Å². The van der Waals surface area contributed by atoms with Gasteiger partial charge in [-0.2, -0.15) is 0 Å². The molecule has 124 valence electrons. The molecular formula is C20H21ClN2O. The predicted molar refractivity (Wildman–Crippen MR) is 100 cm³/mol. The first kappa shape index (κ1) is 16.7. The summed E-state index contributed by atoms with van der Waals surface area (Å²) in [5.41, 5.74) is 3.61. The van der Waals surface area contributed by atoms with Gasteiger partial charge in [-0.1, -0.05) is 55.8 Å². The number of anilines is 1. The molecule has 0 saturated heterocycles. The van der Waals surface area contributed by atoms with Crippen molar-refractivity contribution in [2.24, 2.45) is 10.9 Å². The van der Waals surface area contributed by atoms with Crippen molar-refractivity contribution in [2.45, 2.75) is 26.8 Å². The largest absolute Gasteiger partial charge is 0.310 e. The van der Waals surface area contributed by atoms with Crippen LogP contribution in [-0.4, -0.2) is 24.2 Å². The van der Waals surface area contributed by atoms with E-state index < -0.39 is 6.04 Å². The molecule has 0 spiro atoms. The van der Waals surface area contributed by atoms with Crippen LogP contribution in [0.4, 0.5) is 5.69 Å². The molecule has 1 aliphatic heterocycles. The van der Waals surface area contributed by atoms with E-state index in [0.29, 0.717) is 11.6 Å². The quantitative estimate of drug-likeness (QED) is 0.805. The van der Waals surface area contributed by atoms with Gasteiger partial charge in [-0.05, 0) is 31.0 Å². The van der Waals surface area contributed by atoms with Crippen LogP contribution in [-0.2, 0) is 4.79 Å². The number of carbonyl (C=O) groups is 1. The number of hydrogen-bond donors (Lipinski definition) is 0. The van der Waals surface area contributed by atoms with Crippen molar-refractivity contribution in [1.82, 2.24) is 0 Å². The fraction of sp³-hybridized carbons (Fsp3) is 0.300. The van der Waals surface area contributed by atoms with E-state index in [1.165, 1.54) is 0 Å². The van der Waals surface area contributed by atoms with Gasteiger partial charge in [0, 0.05) is 22.7 Å². The fourth-order valence-corrected chi connectivity index (χ4v) is 3.23. The molecular weight excluding hydrogens is 320 g/mol. The Hall–Kier alpha value is -2.13. The molecule has 0 fully saturated rings. The van der Waals surface area contributed by atoms with Crippen LogP contribution in [0.15, 0.2) is 53.5 Å². The molecule has 24 heavy (non-hydrogen) atoms. The summed E-state index contributed by atoms with van der Waals surface area (Å²) in [5, 5.41) is 0.642. The van der Waals surface area contributed by atoms with Gasteiger partial charge in [-0.3, -0.25) is 9.79 Å². The minimum absolute atomic E-state index is 0.0435. The van der Waals surface area contributed by atoms with Crippen molar-refractivity contribution in [3.8, 4) is 0 Å². The Labute approximate surface area is 148 Å². The second-order valence-electron chi connectivity index (χ2n) is 6.28. The van der Waals surface area contributed by atoms with Crippen LogP contribution in [0.25, 0.3) is 0 Å². The molecule has 0 unspecified atom stereocenters. The second-order valence-corrected chi connectivity index (χ2v) is 6.71. The molecule has 0 N–H and O–H groups in total. The van der Waals surface area contributed by atoms with Crippen molar-refractivity contribution >= 4 is 28.9 Å². The average molecular weight is 341 g/mol. The lowest BCUT2D eigenvalue weighted by atomic mass is 10.00. The monoisotopic (exact) mass is 340 g/mol. The van der Waals surface area contributed by atoms with Crippen molar-refractivity contribution in [1.29, 1.82) is 0 Å². The molecule has 1 amide bonds. The third-order valence-electron chi connectivity index (χ3n) is 4.29. The maximum Gasteiger partial charge on any atom is 0.252 e. The van der Waals surface area contributed by atoms with Crippen LogP contribution < -0.4 is 4.90 Å². The number of benzodiazepines with no additional fused rings is 1. The van der Waals surface area contributed by atoms with Crippen LogP contribution in [0.3, 0.4) is 0 Å². The standard InChI is InChI=1S/C20H21ClN2O/c1-4-23-17-11-10-15(21)12-16(17)19(14-8-6-5-7-9-14)22-18(13(2)3)20(23)24/h5-13,18H,4H2,1-3H3/t18-/m0/s1. The summed E-state index contributed by atoms with van der Waals surface area (Å²) in [7, 11) is 0. The summed E-state index contributed by atoms with van der Waals surface area (Å²) in [6.45, 7) is 6.66. The lowest BCUT2D eigenvalue weighted by Gasteiger charge is -2.25. The summed E-state index contributed by atoms with van der Waals surface area (Å²) in [5.74, 6) is 0.164. The molecule has 3 nitrogen and oxygen atoms in total. The van der Waals surface area contributed by atoms with Crippen LogP contribution >= 0.6 is 11.6 Å². The van der Waals surface area contributed by atoms with E-state index in [9.17, 15) is 4.79 Å². The number of halogens is 1. The smallest absolute Gasteiger partial charge is 0.252 e. The van der Waals surface area contributed by atoms with Crippen LogP contribution in [0.1, 0.15) is 31.9 Å². The number of likely N-dealkylation sites (N-methyl/N-ethyl adjacent to an activating group) is 1. The Balaban J connectivity index is 2.29. The maximum atomic E-state index is 13.0. The molecule has 1 aliphatic rings. The zero-order valence-corrected chi connectivity index (χ0v) is 14.9. The van der Waals surface area contributed by atoms with Gasteiger partial charge in [0.25, 0.3) is 5.91 Å². The number of rotatable bonds is 3. The zero-order valence-electron chi connectivity index (χ0n) is 14.2. The molecule has 1 atom stereocenters. The molecule has 0 radical (unpaired) electrons. The summed E-state index contributed by atoms with van der Waals surface area (Å²) < 4.78 is 0. The summed E-state index contributed by atoms with van der Waals surface area (Å²) in [4.78, 5) is 19.7. The minimum Gasteiger partial charge on any atom is -0.310 e. The van der Waals surface area contributed by atoms with E-state index in [1.807, 2.05) is 74.2 Å². The van der Waals surface area contributed by atoms with Gasteiger partial charge in [0.05, 0.1) is 11.4 Å². The van der Waals surface area contributed by atoms with Gasteiger partial charge in [-0.15, -0.1) is 0 Å². The first-order valence-corrected chi connectivity index (χ1v) is 8.65. The average Bonchev–Trinajstić information content (AvgIpc) is 2.69. The number of fused-ring (bicyclic) bond motifs is 1. The molecule has 2 aromatic carbocycles. The topological polar surface area (TPSA) is 32.7 Å². The summed E-state index contributed by atoms with van der Waals surface area (Å²) >= 11 is 6.25. The van der Waals surface area contributed by atoms with Crippen LogP contribution in [0.5, 0.6) is 0 Å². The Morgan fingerprint density at radius 2 is 1.88 bits per heavy atom. The summed E-state index contributed by atoms with van der Waals surface area (Å²) in [6.07, 6.45) is 0. The molecule has 0 aromatic heterocycles. The van der Waals surface area contributed by atoms with Crippen molar-refractivity contribution in [3.05, 3.63) is 64.7 Å². The molecule has 2 aromatic rings. The SMILES string of the molecule is CCN1C(=O)[C@H](C(C)C)N=C(c2ccccc2)c2cc(Cl)ccc21. The number of nitrogens with zero attached hydrogens (tertiary/aromatic N) is 2. The van der Waals surface area contributed by atoms with Gasteiger partial charge in [0.2, 0.25) is 0 Å². The normalized spacial score (nSPS) is 17.5. The molecule has 3 rings (SSSR count). The highest BCUT2D eigenvalue weighted by Gasteiger charge is 2.32. The van der Waals surface area contributed by atoms with E-state index in [-0.39, 0.29) is 11.8 Å². The fourth-order valence-electron chi connectivity index (χ4n) is 3.06. The van der Waals surface area contributed by atoms with Crippen molar-refractivity contribution in [3.63, 3.8) is 0 Å². The zero-order chi connectivity index (χ0) is 17.3. The Kier molecular flexibility index (Phi) is 4.72. The van der Waals surface area contributed by atoms with Gasteiger partial charge in [0.1, 0.15) is 6.04 Å². The van der Waals surface area contributed by atoms with Gasteiger partial charge in [0.15, 0.2) is 0 Å². The van der Waals surface area contributed by atoms with Crippen molar-refractivity contribution < 1.29 is 4.79 Å². The Bertz CT molecular complexity index is 783. The van der Waals surface area contributed by atoms with Gasteiger partial charge in [-0.25, -0.2) is 0 Å². The maximum absolute atomic E-state index is 13.0. The number of benzene rings is 2. The molecule has 4 heteroatoms. The number of amides is 1. The van der Waals surface area contributed by atoms with E-state index in [4.69, 9.17) is 16.6 Å². The van der Waals surface area contributed by atoms with Gasteiger partial charge < -0.3 is 4.90 Å². The van der Waals surface area contributed by atoms with Crippen LogP contribution in [0.2, 0.25) is 5.02 Å². The first-order chi connectivity index (χ1) is 11.5. The van der Waals surface area contributed by atoms with Gasteiger partial charge >= 0.3 is 0 Å². The molecule has 1 heterocycles. The highest BCUT2D eigenvalue weighted by atomic mass is 35.5. The highest BCUT2D eigenvalue weighted by Crippen LogP contribution is 2.32. The first-order valence-electron chi connectivity index (χ1n) is 8.27. The third kappa shape index (κ3) is 2.96.